The van der Waals surface area contributed by atoms with Crippen molar-refractivity contribution in [1.29, 1.82) is 0 Å². The van der Waals surface area contributed by atoms with Gasteiger partial charge in [0, 0.05) is 23.4 Å². The zero-order valence-corrected chi connectivity index (χ0v) is 12.1. The molecule has 1 amide bonds. The number of ether oxygens (including phenoxy) is 1. The van der Waals surface area contributed by atoms with E-state index in [2.05, 4.69) is 10.3 Å². The van der Waals surface area contributed by atoms with Gasteiger partial charge < -0.3 is 20.1 Å². The molecule has 0 saturated heterocycles. The van der Waals surface area contributed by atoms with Gasteiger partial charge in [-0.1, -0.05) is 11.6 Å². The van der Waals surface area contributed by atoms with Gasteiger partial charge in [-0.3, -0.25) is 9.59 Å². The summed E-state index contributed by atoms with van der Waals surface area (Å²) in [5.74, 6) is -0.590. The highest BCUT2D eigenvalue weighted by molar-refractivity contribution is 6.31. The molecule has 1 aromatic carbocycles. The van der Waals surface area contributed by atoms with E-state index in [1.807, 2.05) is 0 Å². The molecule has 0 fully saturated rings. The number of amides is 1. The molecule has 0 atom stereocenters. The van der Waals surface area contributed by atoms with Crippen molar-refractivity contribution in [1.82, 2.24) is 4.98 Å². The van der Waals surface area contributed by atoms with Gasteiger partial charge in [0.2, 0.25) is 0 Å². The van der Waals surface area contributed by atoms with Crippen molar-refractivity contribution < 1.29 is 14.6 Å². The molecule has 21 heavy (non-hydrogen) atoms. The number of aromatic hydroxyl groups is 1. The fraction of sp³-hybridized carbons (Fsp3) is 0.143. The second-order valence-electron chi connectivity index (χ2n) is 4.35. The van der Waals surface area contributed by atoms with Gasteiger partial charge >= 0.3 is 0 Å². The maximum atomic E-state index is 12.1. The highest BCUT2D eigenvalue weighted by Gasteiger charge is 2.15. The lowest BCUT2D eigenvalue weighted by molar-refractivity contribution is 0.102. The molecule has 0 unspecified atom stereocenters. The van der Waals surface area contributed by atoms with Crippen molar-refractivity contribution in [2.75, 3.05) is 12.4 Å². The molecular weight excluding hydrogens is 296 g/mol. The lowest BCUT2D eigenvalue weighted by Gasteiger charge is -2.12. The quantitative estimate of drug-likeness (QED) is 0.811. The fourth-order valence-corrected chi connectivity index (χ4v) is 1.92. The summed E-state index contributed by atoms with van der Waals surface area (Å²) in [6.45, 7) is 1.79. The summed E-state index contributed by atoms with van der Waals surface area (Å²) in [5, 5.41) is 12.7. The van der Waals surface area contributed by atoms with E-state index in [1.54, 1.807) is 19.1 Å². The van der Waals surface area contributed by atoms with Crippen molar-refractivity contribution >= 4 is 23.2 Å². The minimum absolute atomic E-state index is 0.0516. The van der Waals surface area contributed by atoms with Gasteiger partial charge in [0.05, 0.1) is 18.4 Å². The van der Waals surface area contributed by atoms with Gasteiger partial charge in [-0.15, -0.1) is 0 Å². The molecule has 0 radical (unpaired) electrons. The SMILES string of the molecule is COc1cc(Cl)c(C)cc1NC(=O)c1c[nH]c(=O)cc1O. The van der Waals surface area contributed by atoms with E-state index in [9.17, 15) is 14.7 Å². The van der Waals surface area contributed by atoms with Gasteiger partial charge in [-0.25, -0.2) is 0 Å². The summed E-state index contributed by atoms with van der Waals surface area (Å²) >= 11 is 5.99. The zero-order valence-electron chi connectivity index (χ0n) is 11.4. The smallest absolute Gasteiger partial charge is 0.261 e. The number of hydrogen-bond donors (Lipinski definition) is 3. The number of anilines is 1. The molecule has 7 heteroatoms. The van der Waals surface area contributed by atoms with Gasteiger partial charge in [0.25, 0.3) is 11.5 Å². The molecule has 110 valence electrons. The Morgan fingerprint density at radius 1 is 1.38 bits per heavy atom. The molecular formula is C14H13ClN2O4. The van der Waals surface area contributed by atoms with Crippen molar-refractivity contribution in [3.8, 4) is 11.5 Å². The summed E-state index contributed by atoms with van der Waals surface area (Å²) in [4.78, 5) is 25.5. The van der Waals surface area contributed by atoms with Crippen LogP contribution in [-0.4, -0.2) is 23.1 Å². The number of carbonyl (C=O) groups excluding carboxylic acids is 1. The van der Waals surface area contributed by atoms with Gasteiger partial charge in [0.1, 0.15) is 11.5 Å². The van der Waals surface area contributed by atoms with Crippen molar-refractivity contribution in [3.05, 3.63) is 50.9 Å². The molecule has 1 heterocycles. The van der Waals surface area contributed by atoms with E-state index in [-0.39, 0.29) is 5.56 Å². The summed E-state index contributed by atoms with van der Waals surface area (Å²) in [5.41, 5.74) is 0.627. The number of hydrogen-bond acceptors (Lipinski definition) is 4. The molecule has 0 aliphatic heterocycles. The highest BCUT2D eigenvalue weighted by Crippen LogP contribution is 2.31. The third kappa shape index (κ3) is 3.17. The second kappa shape index (κ2) is 5.88. The van der Waals surface area contributed by atoms with E-state index in [1.165, 1.54) is 7.11 Å². The topological polar surface area (TPSA) is 91.4 Å². The first-order chi connectivity index (χ1) is 9.92. The number of pyridine rings is 1. The molecule has 0 bridgehead atoms. The molecule has 1 aromatic heterocycles. The van der Waals surface area contributed by atoms with Gasteiger partial charge in [-0.2, -0.15) is 0 Å². The summed E-state index contributed by atoms with van der Waals surface area (Å²) < 4.78 is 5.15. The molecule has 0 saturated carbocycles. The lowest BCUT2D eigenvalue weighted by atomic mass is 10.2. The standard InChI is InChI=1S/C14H13ClN2O4/c1-7-3-10(12(21-2)4-9(7)15)17-14(20)8-6-16-13(19)5-11(8)18/h3-6H,1-2H3,(H,17,20)(H2,16,18,19). The summed E-state index contributed by atoms with van der Waals surface area (Å²) in [6.07, 6.45) is 1.14. The Morgan fingerprint density at radius 2 is 2.10 bits per heavy atom. The molecule has 0 aliphatic carbocycles. The minimum Gasteiger partial charge on any atom is -0.507 e. The van der Waals surface area contributed by atoms with E-state index in [0.29, 0.717) is 16.5 Å². The number of methoxy groups -OCH3 is 1. The van der Waals surface area contributed by atoms with Crippen LogP contribution in [0, 0.1) is 6.92 Å². The number of rotatable bonds is 3. The summed E-state index contributed by atoms with van der Waals surface area (Å²) in [6, 6.07) is 4.17. The van der Waals surface area contributed by atoms with Crippen LogP contribution < -0.4 is 15.6 Å². The third-order valence-corrected chi connectivity index (χ3v) is 3.28. The van der Waals surface area contributed by atoms with E-state index < -0.39 is 17.2 Å². The van der Waals surface area contributed by atoms with Crippen molar-refractivity contribution in [2.24, 2.45) is 0 Å². The van der Waals surface area contributed by atoms with Crippen LogP contribution in [0.25, 0.3) is 0 Å². The minimum atomic E-state index is -0.580. The van der Waals surface area contributed by atoms with Crippen molar-refractivity contribution in [3.63, 3.8) is 0 Å². The number of H-pyrrole nitrogens is 1. The molecule has 0 spiro atoms. The Morgan fingerprint density at radius 3 is 2.71 bits per heavy atom. The van der Waals surface area contributed by atoms with Crippen LogP contribution in [0.4, 0.5) is 5.69 Å². The van der Waals surface area contributed by atoms with Crippen LogP contribution in [0.3, 0.4) is 0 Å². The van der Waals surface area contributed by atoms with E-state index >= 15 is 0 Å². The number of halogens is 1. The molecule has 3 N–H and O–H groups in total. The molecule has 2 aromatic rings. The predicted molar refractivity (Wildman–Crippen MR) is 79.4 cm³/mol. The van der Waals surface area contributed by atoms with E-state index in [0.717, 1.165) is 17.8 Å². The molecule has 6 nitrogen and oxygen atoms in total. The normalized spacial score (nSPS) is 10.2. The van der Waals surface area contributed by atoms with Crippen LogP contribution >= 0.6 is 11.6 Å². The Bertz CT molecular complexity index is 755. The zero-order chi connectivity index (χ0) is 15.6. The van der Waals surface area contributed by atoms with E-state index in [4.69, 9.17) is 16.3 Å². The number of aromatic nitrogens is 1. The number of benzene rings is 1. The Balaban J connectivity index is 2.35. The number of aromatic amines is 1. The van der Waals surface area contributed by atoms with Crippen LogP contribution in [0.5, 0.6) is 11.5 Å². The number of carbonyl (C=O) groups is 1. The van der Waals surface area contributed by atoms with Crippen molar-refractivity contribution in [2.45, 2.75) is 6.92 Å². The lowest BCUT2D eigenvalue weighted by Crippen LogP contribution is -2.15. The van der Waals surface area contributed by atoms with Crippen LogP contribution in [0.15, 0.2) is 29.2 Å². The average Bonchev–Trinajstić information content (AvgIpc) is 2.42. The largest absolute Gasteiger partial charge is 0.507 e. The summed E-state index contributed by atoms with van der Waals surface area (Å²) in [7, 11) is 1.45. The maximum Gasteiger partial charge on any atom is 0.261 e. The monoisotopic (exact) mass is 308 g/mol. The first-order valence-electron chi connectivity index (χ1n) is 5.99. The Hall–Kier alpha value is -2.47. The second-order valence-corrected chi connectivity index (χ2v) is 4.76. The average molecular weight is 309 g/mol. The molecule has 2 rings (SSSR count). The van der Waals surface area contributed by atoms with Gasteiger partial charge in [0.15, 0.2) is 0 Å². The third-order valence-electron chi connectivity index (χ3n) is 2.88. The van der Waals surface area contributed by atoms with Gasteiger partial charge in [-0.05, 0) is 18.6 Å². The van der Waals surface area contributed by atoms with Crippen LogP contribution in [0.1, 0.15) is 15.9 Å². The van der Waals surface area contributed by atoms with Crippen LogP contribution in [0.2, 0.25) is 5.02 Å². The molecule has 0 aliphatic rings. The first kappa shape index (κ1) is 14.9. The Kier molecular flexibility index (Phi) is 4.18. The van der Waals surface area contributed by atoms with Crippen LogP contribution in [-0.2, 0) is 0 Å². The Labute approximate surface area is 125 Å². The number of nitrogens with one attached hydrogen (secondary N) is 2. The maximum absolute atomic E-state index is 12.1. The first-order valence-corrected chi connectivity index (χ1v) is 6.37. The highest BCUT2D eigenvalue weighted by atomic mass is 35.5. The fourth-order valence-electron chi connectivity index (χ4n) is 1.76. The number of aryl methyl sites for hydroxylation is 1. The predicted octanol–water partition coefficient (Wildman–Crippen LogP) is 2.30.